The molecular weight excluding hydrogens is 194 g/mol. The van der Waals surface area contributed by atoms with Crippen LogP contribution in [0.15, 0.2) is 0 Å². The van der Waals surface area contributed by atoms with Gasteiger partial charge in [0.05, 0.1) is 0 Å². The molecule has 0 saturated carbocycles. The first kappa shape index (κ1) is 12.4. The van der Waals surface area contributed by atoms with Crippen LogP contribution in [0.3, 0.4) is 0 Å². The first-order valence-electron chi connectivity index (χ1n) is 7.17. The van der Waals surface area contributed by atoms with Crippen molar-refractivity contribution in [3.8, 4) is 0 Å². The maximum atomic E-state index is 4.04. The Kier molecular flexibility index (Phi) is 3.11. The lowest BCUT2D eigenvalue weighted by Crippen LogP contribution is -2.59. The predicted molar refractivity (Wildman–Crippen MR) is 70.5 cm³/mol. The van der Waals surface area contributed by atoms with E-state index in [4.69, 9.17) is 0 Å². The van der Waals surface area contributed by atoms with Gasteiger partial charge in [-0.15, -0.1) is 0 Å². The largest absolute Gasteiger partial charge is 0.305 e. The van der Waals surface area contributed by atoms with Gasteiger partial charge in [0.25, 0.3) is 0 Å². The van der Waals surface area contributed by atoms with Crippen molar-refractivity contribution in [1.82, 2.24) is 5.32 Å². The van der Waals surface area contributed by atoms with E-state index in [0.717, 1.165) is 17.8 Å². The number of piperidine rings is 1. The molecule has 2 saturated heterocycles. The standard InChI is InChI=1S/C15H29N/c1-11(2)10-13-6-7-15(12(3)4)9-8-14(13,5)16-15/h11-13,16H,6-10H2,1-5H3. The van der Waals surface area contributed by atoms with E-state index in [-0.39, 0.29) is 0 Å². The average molecular weight is 223 g/mol. The van der Waals surface area contributed by atoms with Crippen molar-refractivity contribution >= 4 is 0 Å². The van der Waals surface area contributed by atoms with Gasteiger partial charge in [-0.2, -0.15) is 0 Å². The second-order valence-corrected chi connectivity index (χ2v) is 7.22. The van der Waals surface area contributed by atoms with Crippen LogP contribution in [0.2, 0.25) is 0 Å². The molecule has 3 atom stereocenters. The highest BCUT2D eigenvalue weighted by Gasteiger charge is 2.53. The fraction of sp³-hybridized carbons (Fsp3) is 1.00. The van der Waals surface area contributed by atoms with Crippen molar-refractivity contribution in [3.05, 3.63) is 0 Å². The molecule has 0 radical (unpaired) electrons. The zero-order valence-corrected chi connectivity index (χ0v) is 11.8. The molecule has 1 heteroatoms. The van der Waals surface area contributed by atoms with Crippen LogP contribution in [-0.4, -0.2) is 11.1 Å². The molecule has 2 aliphatic rings. The molecule has 2 heterocycles. The minimum absolute atomic E-state index is 0.437. The number of fused-ring (bicyclic) bond motifs is 2. The molecule has 0 amide bonds. The molecule has 1 nitrogen and oxygen atoms in total. The third kappa shape index (κ3) is 1.92. The van der Waals surface area contributed by atoms with E-state index < -0.39 is 0 Å². The van der Waals surface area contributed by atoms with Crippen LogP contribution in [0.25, 0.3) is 0 Å². The SMILES string of the molecule is CC(C)CC1CCC2(C(C)C)CCC1(C)N2. The van der Waals surface area contributed by atoms with E-state index in [1.165, 1.54) is 32.1 Å². The topological polar surface area (TPSA) is 12.0 Å². The zero-order valence-electron chi connectivity index (χ0n) is 11.8. The number of nitrogens with one attached hydrogen (secondary N) is 1. The fourth-order valence-corrected chi connectivity index (χ4v) is 4.09. The quantitative estimate of drug-likeness (QED) is 0.763. The van der Waals surface area contributed by atoms with Crippen LogP contribution >= 0.6 is 0 Å². The predicted octanol–water partition coefficient (Wildman–Crippen LogP) is 3.98. The highest BCUT2D eigenvalue weighted by atomic mass is 15.1. The van der Waals surface area contributed by atoms with Gasteiger partial charge in [0.15, 0.2) is 0 Å². The summed E-state index contributed by atoms with van der Waals surface area (Å²) in [7, 11) is 0. The average Bonchev–Trinajstić information content (AvgIpc) is 2.47. The summed E-state index contributed by atoms with van der Waals surface area (Å²) in [6.45, 7) is 12.0. The Labute approximate surface area is 101 Å². The molecule has 16 heavy (non-hydrogen) atoms. The normalized spacial score (nSPS) is 43.3. The summed E-state index contributed by atoms with van der Waals surface area (Å²) >= 11 is 0. The Morgan fingerprint density at radius 2 is 1.81 bits per heavy atom. The van der Waals surface area contributed by atoms with E-state index in [1.807, 2.05) is 0 Å². The first-order valence-corrected chi connectivity index (χ1v) is 7.17. The summed E-state index contributed by atoms with van der Waals surface area (Å²) in [6.07, 6.45) is 7.04. The van der Waals surface area contributed by atoms with Gasteiger partial charge in [-0.05, 0) is 56.8 Å². The summed E-state index contributed by atoms with van der Waals surface area (Å²) in [5.74, 6) is 2.53. The lowest BCUT2D eigenvalue weighted by Gasteiger charge is -2.47. The molecule has 0 aliphatic carbocycles. The van der Waals surface area contributed by atoms with Gasteiger partial charge in [-0.3, -0.25) is 0 Å². The van der Waals surface area contributed by atoms with Gasteiger partial charge >= 0.3 is 0 Å². The fourth-order valence-electron chi connectivity index (χ4n) is 4.09. The number of rotatable bonds is 3. The lowest BCUT2D eigenvalue weighted by molar-refractivity contribution is 0.100. The summed E-state index contributed by atoms with van der Waals surface area (Å²) in [6, 6.07) is 0. The molecule has 2 rings (SSSR count). The second-order valence-electron chi connectivity index (χ2n) is 7.22. The van der Waals surface area contributed by atoms with Gasteiger partial charge < -0.3 is 5.32 Å². The Morgan fingerprint density at radius 1 is 1.12 bits per heavy atom. The van der Waals surface area contributed by atoms with Crippen LogP contribution in [-0.2, 0) is 0 Å². The van der Waals surface area contributed by atoms with Crippen molar-refractivity contribution < 1.29 is 0 Å². The Bertz CT molecular complexity index is 258. The maximum absolute atomic E-state index is 4.04. The Morgan fingerprint density at radius 3 is 2.38 bits per heavy atom. The van der Waals surface area contributed by atoms with Crippen LogP contribution in [0.1, 0.15) is 66.7 Å². The smallest absolute Gasteiger partial charge is 0.0210 e. The van der Waals surface area contributed by atoms with Gasteiger partial charge in [-0.1, -0.05) is 27.7 Å². The van der Waals surface area contributed by atoms with Crippen molar-refractivity contribution in [3.63, 3.8) is 0 Å². The van der Waals surface area contributed by atoms with Gasteiger partial charge in [0.2, 0.25) is 0 Å². The Hall–Kier alpha value is -0.0400. The van der Waals surface area contributed by atoms with E-state index in [2.05, 4.69) is 39.9 Å². The minimum Gasteiger partial charge on any atom is -0.305 e. The van der Waals surface area contributed by atoms with Gasteiger partial charge in [0.1, 0.15) is 0 Å². The molecule has 0 spiro atoms. The van der Waals surface area contributed by atoms with E-state index in [0.29, 0.717) is 11.1 Å². The van der Waals surface area contributed by atoms with E-state index in [1.54, 1.807) is 0 Å². The summed E-state index contributed by atoms with van der Waals surface area (Å²) in [5, 5.41) is 4.04. The highest BCUT2D eigenvalue weighted by molar-refractivity contribution is 5.12. The number of hydrogen-bond acceptors (Lipinski definition) is 1. The zero-order chi connectivity index (χ0) is 12.0. The third-order valence-electron chi connectivity index (χ3n) is 5.33. The molecule has 1 N–H and O–H groups in total. The molecule has 3 unspecified atom stereocenters. The van der Waals surface area contributed by atoms with Crippen molar-refractivity contribution in [1.29, 1.82) is 0 Å². The maximum Gasteiger partial charge on any atom is 0.0210 e. The van der Waals surface area contributed by atoms with E-state index in [9.17, 15) is 0 Å². The third-order valence-corrected chi connectivity index (χ3v) is 5.33. The first-order chi connectivity index (χ1) is 7.38. The Balaban J connectivity index is 2.11. The van der Waals surface area contributed by atoms with Crippen LogP contribution in [0.5, 0.6) is 0 Å². The lowest BCUT2D eigenvalue weighted by atomic mass is 9.72. The minimum atomic E-state index is 0.437. The van der Waals surface area contributed by atoms with Crippen LogP contribution in [0, 0.1) is 17.8 Å². The molecular formula is C15H29N. The molecule has 0 aromatic rings. The summed E-state index contributed by atoms with van der Waals surface area (Å²) < 4.78 is 0. The van der Waals surface area contributed by atoms with Crippen LogP contribution < -0.4 is 5.32 Å². The van der Waals surface area contributed by atoms with Crippen LogP contribution in [0.4, 0.5) is 0 Å². The molecule has 2 fully saturated rings. The molecule has 0 aromatic heterocycles. The van der Waals surface area contributed by atoms with Crippen molar-refractivity contribution in [2.75, 3.05) is 0 Å². The monoisotopic (exact) mass is 223 g/mol. The van der Waals surface area contributed by atoms with Gasteiger partial charge in [0, 0.05) is 11.1 Å². The van der Waals surface area contributed by atoms with Crippen molar-refractivity contribution in [2.24, 2.45) is 17.8 Å². The molecule has 2 aliphatic heterocycles. The summed E-state index contributed by atoms with van der Waals surface area (Å²) in [4.78, 5) is 0. The summed E-state index contributed by atoms with van der Waals surface area (Å²) in [5.41, 5.74) is 0.912. The molecule has 0 aromatic carbocycles. The number of hydrogen-bond donors (Lipinski definition) is 1. The second kappa shape index (κ2) is 4.01. The molecule has 2 bridgehead atoms. The van der Waals surface area contributed by atoms with Gasteiger partial charge in [-0.25, -0.2) is 0 Å². The van der Waals surface area contributed by atoms with Crippen molar-refractivity contribution in [2.45, 2.75) is 77.8 Å². The highest BCUT2D eigenvalue weighted by Crippen LogP contribution is 2.50. The molecule has 94 valence electrons. The van der Waals surface area contributed by atoms with E-state index >= 15 is 0 Å².